The molecule has 1 saturated heterocycles. The predicted octanol–water partition coefficient (Wildman–Crippen LogP) is 5.14. The largest absolute Gasteiger partial charge is 0.504 e. The zero-order chi connectivity index (χ0) is 25.0. The molecular weight excluding hydrogens is 462 g/mol. The van der Waals surface area contributed by atoms with Crippen LogP contribution in [0.25, 0.3) is 0 Å². The lowest BCUT2D eigenvalue weighted by Gasteiger charge is -2.74. The highest BCUT2D eigenvalue weighted by atomic mass is 16.6. The first kappa shape index (κ1) is 22.9. The lowest BCUT2D eigenvalue weighted by molar-refractivity contribution is -0.283. The third-order valence-corrected chi connectivity index (χ3v) is 11.5. The van der Waals surface area contributed by atoms with Gasteiger partial charge in [0.2, 0.25) is 0 Å². The predicted molar refractivity (Wildman–Crippen MR) is 141 cm³/mol. The molecule has 7 aliphatic rings. The Hall–Kier alpha value is -2.08. The summed E-state index contributed by atoms with van der Waals surface area (Å²) in [6, 6.07) is 13.2. The molecule has 0 unspecified atom stereocenters. The number of fused-ring (bicyclic) bond motifs is 2. The van der Waals surface area contributed by atoms with E-state index in [1.807, 2.05) is 13.2 Å². The van der Waals surface area contributed by atoms with Crippen molar-refractivity contribution in [3.05, 3.63) is 58.7 Å². The van der Waals surface area contributed by atoms with Gasteiger partial charge in [-0.3, -0.25) is 4.90 Å². The molecule has 5 aliphatic carbocycles. The molecule has 9 rings (SSSR count). The lowest BCUT2D eigenvalue weighted by atomic mass is 9.35. The van der Waals surface area contributed by atoms with Gasteiger partial charge in [-0.1, -0.05) is 35.9 Å². The van der Waals surface area contributed by atoms with E-state index in [1.165, 1.54) is 48.1 Å². The van der Waals surface area contributed by atoms with Gasteiger partial charge in [0.05, 0.1) is 13.2 Å². The van der Waals surface area contributed by atoms with Crippen molar-refractivity contribution in [1.29, 1.82) is 0 Å². The van der Waals surface area contributed by atoms with Crippen LogP contribution in [-0.4, -0.2) is 54.6 Å². The van der Waals surface area contributed by atoms with Crippen molar-refractivity contribution in [3.8, 4) is 11.5 Å². The molecule has 6 atom stereocenters. The first-order valence-electron chi connectivity index (χ1n) is 14.5. The number of aromatic hydroxyl groups is 1. The van der Waals surface area contributed by atoms with Gasteiger partial charge in [-0.15, -0.1) is 0 Å². The van der Waals surface area contributed by atoms with Crippen LogP contribution in [-0.2, 0) is 27.9 Å². The van der Waals surface area contributed by atoms with Gasteiger partial charge < -0.3 is 19.3 Å². The monoisotopic (exact) mass is 501 g/mol. The first-order valence-corrected chi connectivity index (χ1v) is 14.5. The van der Waals surface area contributed by atoms with E-state index in [1.54, 1.807) is 0 Å². The molecule has 196 valence electrons. The van der Waals surface area contributed by atoms with Crippen LogP contribution in [0.1, 0.15) is 60.8 Å². The van der Waals surface area contributed by atoms with E-state index in [-0.39, 0.29) is 22.9 Å². The molecule has 0 radical (unpaired) electrons. The van der Waals surface area contributed by atoms with E-state index in [0.717, 1.165) is 43.9 Å². The number of benzene rings is 2. The summed E-state index contributed by atoms with van der Waals surface area (Å²) < 4.78 is 20.0. The molecule has 2 spiro atoms. The van der Waals surface area contributed by atoms with E-state index < -0.39 is 5.60 Å². The second kappa shape index (κ2) is 7.74. The van der Waals surface area contributed by atoms with Gasteiger partial charge in [-0.25, -0.2) is 0 Å². The van der Waals surface area contributed by atoms with Crippen molar-refractivity contribution in [2.45, 2.75) is 81.6 Å². The van der Waals surface area contributed by atoms with Gasteiger partial charge in [-0.05, 0) is 81.5 Å². The van der Waals surface area contributed by atoms with E-state index in [9.17, 15) is 5.11 Å². The highest BCUT2D eigenvalue weighted by Gasteiger charge is 2.80. The summed E-state index contributed by atoms with van der Waals surface area (Å²) >= 11 is 0. The normalized spacial score (nSPS) is 38.9. The fraction of sp³-hybridized carbons (Fsp3) is 0.625. The van der Waals surface area contributed by atoms with E-state index in [0.29, 0.717) is 25.0 Å². The fourth-order valence-corrected chi connectivity index (χ4v) is 9.87. The molecule has 1 N–H and O–H groups in total. The second-order valence-corrected chi connectivity index (χ2v) is 13.0. The van der Waals surface area contributed by atoms with Crippen molar-refractivity contribution >= 4 is 0 Å². The minimum atomic E-state index is -0.391. The number of nitrogens with zero attached hydrogens (tertiary/aromatic N) is 1. The summed E-state index contributed by atoms with van der Waals surface area (Å²) in [5, 5.41) is 11.0. The number of hydrogen-bond donors (Lipinski definition) is 1. The Morgan fingerprint density at radius 2 is 2.03 bits per heavy atom. The number of methoxy groups -OCH3 is 1. The zero-order valence-electron chi connectivity index (χ0n) is 22.2. The maximum absolute atomic E-state index is 11.0. The molecule has 5 nitrogen and oxygen atoms in total. The van der Waals surface area contributed by atoms with Crippen LogP contribution in [0.15, 0.2) is 36.4 Å². The minimum absolute atomic E-state index is 0.0620. The summed E-state index contributed by atoms with van der Waals surface area (Å²) in [5.41, 5.74) is 4.92. The van der Waals surface area contributed by atoms with Gasteiger partial charge in [0.1, 0.15) is 11.7 Å². The summed E-state index contributed by atoms with van der Waals surface area (Å²) in [5.74, 6) is 2.21. The van der Waals surface area contributed by atoms with E-state index >= 15 is 0 Å². The van der Waals surface area contributed by atoms with Gasteiger partial charge in [0, 0.05) is 42.0 Å². The molecule has 4 saturated carbocycles. The molecule has 37 heavy (non-hydrogen) atoms. The Morgan fingerprint density at radius 1 is 1.14 bits per heavy atom. The number of piperidine rings is 1. The van der Waals surface area contributed by atoms with Crippen LogP contribution in [0.3, 0.4) is 0 Å². The lowest BCUT2D eigenvalue weighted by Crippen LogP contribution is -2.81. The number of aryl methyl sites for hydroxylation is 1. The van der Waals surface area contributed by atoms with Crippen LogP contribution < -0.4 is 4.74 Å². The molecule has 5 heteroatoms. The van der Waals surface area contributed by atoms with Gasteiger partial charge in [0.25, 0.3) is 0 Å². The Labute approximate surface area is 220 Å². The van der Waals surface area contributed by atoms with Crippen molar-refractivity contribution in [1.82, 2.24) is 4.90 Å². The zero-order valence-corrected chi connectivity index (χ0v) is 22.2. The maximum Gasteiger partial charge on any atom is 0.165 e. The first-order chi connectivity index (χ1) is 18.0. The van der Waals surface area contributed by atoms with Crippen LogP contribution in [0.4, 0.5) is 0 Å². The fourth-order valence-electron chi connectivity index (χ4n) is 9.87. The smallest absolute Gasteiger partial charge is 0.165 e. The highest BCUT2D eigenvalue weighted by Crippen LogP contribution is 2.76. The third kappa shape index (κ3) is 2.86. The average Bonchev–Trinajstić information content (AvgIpc) is 3.64. The number of likely N-dealkylation sites (tertiary alicyclic amines) is 1. The summed E-state index contributed by atoms with van der Waals surface area (Å²) in [6.45, 7) is 5.83. The molecule has 2 aliphatic heterocycles. The Bertz CT molecular complexity index is 1260. The van der Waals surface area contributed by atoms with Gasteiger partial charge >= 0.3 is 0 Å². The topological polar surface area (TPSA) is 51.2 Å². The van der Waals surface area contributed by atoms with Crippen molar-refractivity contribution in [3.63, 3.8) is 0 Å². The molecule has 5 fully saturated rings. The molecule has 2 aromatic rings. The summed E-state index contributed by atoms with van der Waals surface area (Å²) in [6.07, 6.45) is 8.20. The molecule has 2 heterocycles. The van der Waals surface area contributed by atoms with E-state index in [4.69, 9.17) is 14.2 Å². The molecular formula is C32H39NO4. The second-order valence-electron chi connectivity index (χ2n) is 13.0. The Morgan fingerprint density at radius 3 is 2.84 bits per heavy atom. The van der Waals surface area contributed by atoms with Crippen molar-refractivity contribution < 1.29 is 19.3 Å². The Kier molecular flexibility index (Phi) is 4.78. The summed E-state index contributed by atoms with van der Waals surface area (Å²) in [7, 11) is 1.89. The number of rotatable bonds is 7. The maximum atomic E-state index is 11.0. The SMILES string of the molecule is CO[C@]12CC[C@@]3(C[C@@H]1COCc1cccc(C)c1)[C@H]1Cc4ccc(O)c5c4[C@@]3(CCN1CC1CC1)[C@H]2O5. The minimum Gasteiger partial charge on any atom is -0.504 e. The van der Waals surface area contributed by atoms with Crippen molar-refractivity contribution in [2.75, 3.05) is 26.8 Å². The van der Waals surface area contributed by atoms with Gasteiger partial charge in [-0.2, -0.15) is 0 Å². The third-order valence-electron chi connectivity index (χ3n) is 11.5. The standard InChI is InChI=1S/C32H39NO4/c1-20-4-3-5-22(14-20)18-36-19-24-16-30-10-11-32(24,35-2)29-31(30)12-13-33(17-21-6-7-21)26(30)15-23-8-9-25(34)28(37-29)27(23)31/h3-5,8-9,14,21,24,26,29,34H,6-7,10-13,15-19H2,1-2H3/t24-,26-,29-,30-,31+,32-/m1/s1. The summed E-state index contributed by atoms with van der Waals surface area (Å²) in [4.78, 5) is 2.86. The van der Waals surface area contributed by atoms with Gasteiger partial charge in [0.15, 0.2) is 11.5 Å². The molecule has 2 aromatic carbocycles. The van der Waals surface area contributed by atoms with Crippen LogP contribution in [0.5, 0.6) is 11.5 Å². The molecule has 0 amide bonds. The number of ether oxygens (including phenoxy) is 3. The average molecular weight is 502 g/mol. The highest BCUT2D eigenvalue weighted by molar-refractivity contribution is 5.63. The molecule has 4 bridgehead atoms. The number of hydrogen-bond acceptors (Lipinski definition) is 5. The number of phenolic OH excluding ortho intramolecular Hbond substituents is 1. The van der Waals surface area contributed by atoms with E-state index in [2.05, 4.69) is 42.2 Å². The quantitative estimate of drug-likeness (QED) is 0.569. The van der Waals surface area contributed by atoms with Crippen LogP contribution in [0, 0.1) is 24.2 Å². The molecule has 0 aromatic heterocycles. The Balaban J connectivity index is 1.20. The van der Waals surface area contributed by atoms with Crippen molar-refractivity contribution in [2.24, 2.45) is 17.3 Å². The number of phenols is 1. The van der Waals surface area contributed by atoms with Crippen LogP contribution >= 0.6 is 0 Å². The van der Waals surface area contributed by atoms with Crippen LogP contribution in [0.2, 0.25) is 0 Å².